The van der Waals surface area contributed by atoms with Gasteiger partial charge in [0.25, 0.3) is 5.91 Å². The van der Waals surface area contributed by atoms with Gasteiger partial charge in [-0.15, -0.1) is 24.0 Å². The van der Waals surface area contributed by atoms with E-state index in [0.29, 0.717) is 37.7 Å². The highest BCUT2D eigenvalue weighted by atomic mass is 127. The molecule has 2 aromatic carbocycles. The zero-order valence-electron chi connectivity index (χ0n) is 17.0. The van der Waals surface area contributed by atoms with Crippen LogP contribution in [0.5, 0.6) is 5.75 Å². The number of rotatable bonds is 9. The Kier molecular flexibility index (Phi) is 11.8. The molecule has 0 aliphatic carbocycles. The van der Waals surface area contributed by atoms with Crippen LogP contribution in [0.15, 0.2) is 59.6 Å². The molecule has 0 aromatic heterocycles. The highest BCUT2D eigenvalue weighted by Gasteiger charge is 2.28. The third-order valence-corrected chi connectivity index (χ3v) is 3.83. The molecule has 170 valence electrons. The molecule has 10 heteroatoms. The Bertz CT molecular complexity index is 816. The van der Waals surface area contributed by atoms with Gasteiger partial charge in [0, 0.05) is 25.2 Å². The summed E-state index contributed by atoms with van der Waals surface area (Å²) in [5, 5.41) is 9.04. The average Bonchev–Trinajstić information content (AvgIpc) is 2.74. The first-order valence-electron chi connectivity index (χ1n) is 9.51. The van der Waals surface area contributed by atoms with Gasteiger partial charge in [0.1, 0.15) is 5.75 Å². The van der Waals surface area contributed by atoms with Crippen molar-refractivity contribution in [3.8, 4) is 5.75 Å². The number of ether oxygens (including phenoxy) is 1. The lowest BCUT2D eigenvalue weighted by Crippen LogP contribution is -2.41. The predicted octanol–water partition coefficient (Wildman–Crippen LogP) is 3.73. The first-order chi connectivity index (χ1) is 14.4. The lowest BCUT2D eigenvalue weighted by Gasteiger charge is -2.12. The van der Waals surface area contributed by atoms with Gasteiger partial charge < -0.3 is 20.7 Å². The van der Waals surface area contributed by atoms with Gasteiger partial charge in [0.15, 0.2) is 12.6 Å². The molecule has 6 nitrogen and oxygen atoms in total. The Morgan fingerprint density at radius 2 is 1.61 bits per heavy atom. The van der Waals surface area contributed by atoms with Crippen molar-refractivity contribution in [1.82, 2.24) is 16.0 Å². The fourth-order valence-electron chi connectivity index (χ4n) is 2.42. The zero-order chi connectivity index (χ0) is 21.8. The normalized spacial score (nSPS) is 11.3. The number of carbonyl (C=O) groups is 1. The monoisotopic (exact) mass is 550 g/mol. The molecular formula is C21H26F3IN4O2. The van der Waals surface area contributed by atoms with Crippen LogP contribution in [0.25, 0.3) is 0 Å². The van der Waals surface area contributed by atoms with E-state index in [1.807, 2.05) is 13.0 Å². The van der Waals surface area contributed by atoms with Gasteiger partial charge in [0.05, 0.1) is 6.54 Å². The summed E-state index contributed by atoms with van der Waals surface area (Å²) in [6.45, 7) is 2.51. The summed E-state index contributed by atoms with van der Waals surface area (Å²) < 4.78 is 41.2. The lowest BCUT2D eigenvalue weighted by atomic mass is 10.2. The van der Waals surface area contributed by atoms with E-state index >= 15 is 0 Å². The van der Waals surface area contributed by atoms with Gasteiger partial charge in [-0.3, -0.25) is 4.79 Å². The molecule has 1 amide bonds. The van der Waals surface area contributed by atoms with Crippen molar-refractivity contribution in [3.63, 3.8) is 0 Å². The molecule has 0 fully saturated rings. The summed E-state index contributed by atoms with van der Waals surface area (Å²) in [5.74, 6) is 0.579. The Morgan fingerprint density at radius 1 is 0.968 bits per heavy atom. The van der Waals surface area contributed by atoms with Crippen LogP contribution in [0.2, 0.25) is 0 Å². The van der Waals surface area contributed by atoms with E-state index in [9.17, 15) is 18.0 Å². The van der Waals surface area contributed by atoms with E-state index in [-0.39, 0.29) is 35.6 Å². The van der Waals surface area contributed by atoms with Crippen LogP contribution in [-0.2, 0) is 6.54 Å². The molecule has 0 aliphatic heterocycles. The molecule has 2 aromatic rings. The van der Waals surface area contributed by atoms with Crippen LogP contribution >= 0.6 is 24.0 Å². The second kappa shape index (κ2) is 13.7. The van der Waals surface area contributed by atoms with Crippen molar-refractivity contribution in [2.24, 2.45) is 4.99 Å². The number of benzene rings is 2. The largest absolute Gasteiger partial charge is 0.484 e. The Morgan fingerprint density at radius 3 is 2.23 bits per heavy atom. The van der Waals surface area contributed by atoms with E-state index in [2.05, 4.69) is 25.7 Å². The fourth-order valence-corrected chi connectivity index (χ4v) is 2.42. The van der Waals surface area contributed by atoms with Gasteiger partial charge in [0.2, 0.25) is 0 Å². The highest BCUT2D eigenvalue weighted by Crippen LogP contribution is 2.19. The Hall–Kier alpha value is -2.50. The SMILES string of the molecule is CCNC(=NCc1ccc(OCC(F)(F)F)cc1)NCCNC(=O)c1ccccc1.I. The van der Waals surface area contributed by atoms with E-state index in [1.165, 1.54) is 12.1 Å². The molecule has 31 heavy (non-hydrogen) atoms. The summed E-state index contributed by atoms with van der Waals surface area (Å²) in [4.78, 5) is 16.4. The number of amides is 1. The Balaban J connectivity index is 0.00000480. The molecule has 0 saturated heterocycles. The van der Waals surface area contributed by atoms with Crippen molar-refractivity contribution in [2.75, 3.05) is 26.2 Å². The molecule has 2 rings (SSSR count). The van der Waals surface area contributed by atoms with Gasteiger partial charge >= 0.3 is 6.18 Å². The lowest BCUT2D eigenvalue weighted by molar-refractivity contribution is -0.153. The summed E-state index contributed by atoms with van der Waals surface area (Å²) in [6, 6.07) is 15.2. The first-order valence-corrected chi connectivity index (χ1v) is 9.51. The Labute approximate surface area is 196 Å². The topological polar surface area (TPSA) is 74.8 Å². The standard InChI is InChI=1S/C21H25F3N4O2.HI/c1-2-25-20(27-13-12-26-19(29)17-6-4-3-5-7-17)28-14-16-8-10-18(11-9-16)30-15-21(22,23)24;/h3-11H,2,12-15H2,1H3,(H,26,29)(H2,25,27,28);1H. The number of nitrogens with one attached hydrogen (secondary N) is 3. The summed E-state index contributed by atoms with van der Waals surface area (Å²) in [6.07, 6.45) is -4.37. The van der Waals surface area contributed by atoms with Gasteiger partial charge in [-0.1, -0.05) is 30.3 Å². The van der Waals surface area contributed by atoms with Crippen molar-refractivity contribution in [2.45, 2.75) is 19.6 Å². The summed E-state index contributed by atoms with van der Waals surface area (Å²) in [7, 11) is 0. The number of aliphatic imine (C=N–C) groups is 1. The highest BCUT2D eigenvalue weighted by molar-refractivity contribution is 14.0. The van der Waals surface area contributed by atoms with Gasteiger partial charge in [-0.2, -0.15) is 13.2 Å². The molecule has 0 heterocycles. The molecule has 3 N–H and O–H groups in total. The predicted molar refractivity (Wildman–Crippen MR) is 125 cm³/mol. The van der Waals surface area contributed by atoms with Crippen molar-refractivity contribution < 1.29 is 22.7 Å². The average molecular weight is 550 g/mol. The van der Waals surface area contributed by atoms with Crippen LogP contribution in [0.4, 0.5) is 13.2 Å². The van der Waals surface area contributed by atoms with E-state index in [0.717, 1.165) is 5.56 Å². The maximum absolute atomic E-state index is 12.2. The maximum Gasteiger partial charge on any atom is 0.422 e. The molecule has 0 atom stereocenters. The third-order valence-electron chi connectivity index (χ3n) is 3.83. The number of guanidine groups is 1. The quantitative estimate of drug-likeness (QED) is 0.193. The zero-order valence-corrected chi connectivity index (χ0v) is 19.4. The number of hydrogen-bond acceptors (Lipinski definition) is 3. The smallest absolute Gasteiger partial charge is 0.422 e. The van der Waals surface area contributed by atoms with Crippen molar-refractivity contribution in [3.05, 3.63) is 65.7 Å². The molecule has 0 aliphatic rings. The van der Waals surface area contributed by atoms with Crippen LogP contribution in [-0.4, -0.2) is 44.3 Å². The van der Waals surface area contributed by atoms with Crippen LogP contribution < -0.4 is 20.7 Å². The second-order valence-corrected chi connectivity index (χ2v) is 6.29. The minimum Gasteiger partial charge on any atom is -0.484 e. The van der Waals surface area contributed by atoms with E-state index < -0.39 is 12.8 Å². The number of halogens is 4. The number of carbonyl (C=O) groups excluding carboxylic acids is 1. The molecule has 0 spiro atoms. The van der Waals surface area contributed by atoms with Crippen molar-refractivity contribution >= 4 is 35.8 Å². The van der Waals surface area contributed by atoms with Gasteiger partial charge in [-0.25, -0.2) is 4.99 Å². The summed E-state index contributed by atoms with van der Waals surface area (Å²) >= 11 is 0. The van der Waals surface area contributed by atoms with Crippen LogP contribution in [0.3, 0.4) is 0 Å². The van der Waals surface area contributed by atoms with E-state index in [1.54, 1.807) is 36.4 Å². The minimum absolute atomic E-state index is 0. The molecular weight excluding hydrogens is 524 g/mol. The van der Waals surface area contributed by atoms with Crippen LogP contribution in [0, 0.1) is 0 Å². The van der Waals surface area contributed by atoms with Crippen molar-refractivity contribution in [1.29, 1.82) is 0 Å². The molecule has 0 radical (unpaired) electrons. The minimum atomic E-state index is -4.37. The van der Waals surface area contributed by atoms with Gasteiger partial charge in [-0.05, 0) is 36.8 Å². The van der Waals surface area contributed by atoms with Crippen LogP contribution in [0.1, 0.15) is 22.8 Å². The second-order valence-electron chi connectivity index (χ2n) is 6.29. The molecule has 0 saturated carbocycles. The number of hydrogen-bond donors (Lipinski definition) is 3. The fraction of sp³-hybridized carbons (Fsp3) is 0.333. The molecule has 0 bridgehead atoms. The maximum atomic E-state index is 12.2. The third kappa shape index (κ3) is 10.9. The summed E-state index contributed by atoms with van der Waals surface area (Å²) in [5.41, 5.74) is 1.42. The number of nitrogens with zero attached hydrogens (tertiary/aromatic N) is 1. The number of alkyl halides is 3. The molecule has 0 unspecified atom stereocenters. The first kappa shape index (κ1) is 26.5. The van der Waals surface area contributed by atoms with E-state index in [4.69, 9.17) is 0 Å².